The molecule has 1 aliphatic heterocycles. The van der Waals surface area contributed by atoms with Crippen LogP contribution < -0.4 is 5.73 Å². The van der Waals surface area contributed by atoms with Gasteiger partial charge < -0.3 is 15.7 Å². The first-order valence-corrected chi connectivity index (χ1v) is 7.39. The van der Waals surface area contributed by atoms with E-state index in [1.54, 1.807) is 0 Å². The van der Waals surface area contributed by atoms with Crippen molar-refractivity contribution in [1.82, 2.24) is 9.80 Å². The van der Waals surface area contributed by atoms with Gasteiger partial charge in [0, 0.05) is 38.8 Å². The van der Waals surface area contributed by atoms with E-state index < -0.39 is 5.60 Å². The fraction of sp³-hybridized carbons (Fsp3) is 1.00. The van der Waals surface area contributed by atoms with Gasteiger partial charge in [-0.05, 0) is 39.7 Å². The van der Waals surface area contributed by atoms with Gasteiger partial charge in [0.2, 0.25) is 0 Å². The van der Waals surface area contributed by atoms with E-state index in [4.69, 9.17) is 5.73 Å². The zero-order chi connectivity index (χ0) is 13.6. The number of piperazine rings is 1. The first-order valence-electron chi connectivity index (χ1n) is 7.39. The minimum Gasteiger partial charge on any atom is -0.389 e. The lowest BCUT2D eigenvalue weighted by atomic mass is 9.95. The van der Waals surface area contributed by atoms with E-state index in [0.29, 0.717) is 12.6 Å². The first-order chi connectivity index (χ1) is 8.50. The summed E-state index contributed by atoms with van der Waals surface area (Å²) in [7, 11) is 0. The van der Waals surface area contributed by atoms with Crippen molar-refractivity contribution in [1.29, 1.82) is 0 Å². The van der Waals surface area contributed by atoms with E-state index in [1.807, 2.05) is 6.92 Å². The molecular weight excluding hydrogens is 226 g/mol. The molecule has 0 aromatic heterocycles. The summed E-state index contributed by atoms with van der Waals surface area (Å²) in [4.78, 5) is 5.03. The van der Waals surface area contributed by atoms with E-state index in [1.165, 1.54) is 13.1 Å². The second kappa shape index (κ2) is 7.43. The number of nitrogens with zero attached hydrogens (tertiary/aromatic N) is 2. The third kappa shape index (κ3) is 4.84. The van der Waals surface area contributed by atoms with Gasteiger partial charge in [0.15, 0.2) is 0 Å². The first kappa shape index (κ1) is 15.9. The number of nitrogens with two attached hydrogens (primary N) is 1. The van der Waals surface area contributed by atoms with Crippen LogP contribution in [0.25, 0.3) is 0 Å². The summed E-state index contributed by atoms with van der Waals surface area (Å²) in [5.74, 6) is 0. The summed E-state index contributed by atoms with van der Waals surface area (Å²) >= 11 is 0. The van der Waals surface area contributed by atoms with E-state index in [9.17, 15) is 5.11 Å². The molecule has 0 amide bonds. The molecule has 0 radical (unpaired) electrons. The largest absolute Gasteiger partial charge is 0.389 e. The van der Waals surface area contributed by atoms with Crippen LogP contribution in [0.15, 0.2) is 0 Å². The Bertz CT molecular complexity index is 221. The molecule has 0 aliphatic carbocycles. The molecule has 0 aromatic carbocycles. The van der Waals surface area contributed by atoms with Crippen LogP contribution in [0.1, 0.15) is 40.0 Å². The highest BCUT2D eigenvalue weighted by Gasteiger charge is 2.23. The number of hydrogen-bond acceptors (Lipinski definition) is 4. The van der Waals surface area contributed by atoms with Gasteiger partial charge in [0.1, 0.15) is 0 Å². The van der Waals surface area contributed by atoms with Crippen molar-refractivity contribution in [2.24, 2.45) is 5.73 Å². The zero-order valence-corrected chi connectivity index (χ0v) is 12.4. The van der Waals surface area contributed by atoms with Gasteiger partial charge in [-0.15, -0.1) is 0 Å². The Kier molecular flexibility index (Phi) is 6.57. The highest BCUT2D eigenvalue weighted by molar-refractivity contribution is 4.79. The van der Waals surface area contributed by atoms with Crippen LogP contribution in [0.3, 0.4) is 0 Å². The van der Waals surface area contributed by atoms with Crippen molar-refractivity contribution in [3.05, 3.63) is 0 Å². The van der Waals surface area contributed by atoms with Crippen molar-refractivity contribution in [3.8, 4) is 0 Å². The van der Waals surface area contributed by atoms with Gasteiger partial charge >= 0.3 is 0 Å². The summed E-state index contributed by atoms with van der Waals surface area (Å²) in [6.45, 7) is 12.7. The summed E-state index contributed by atoms with van der Waals surface area (Å²) in [6, 6.07) is 0.662. The Labute approximate surface area is 112 Å². The third-order valence-corrected chi connectivity index (χ3v) is 4.29. The summed E-state index contributed by atoms with van der Waals surface area (Å²) in [6.07, 6.45) is 2.62. The molecule has 1 saturated heterocycles. The Morgan fingerprint density at radius 2 is 1.83 bits per heavy atom. The van der Waals surface area contributed by atoms with Crippen LogP contribution in [0.5, 0.6) is 0 Å². The van der Waals surface area contributed by atoms with Crippen molar-refractivity contribution < 1.29 is 5.11 Å². The minimum absolute atomic E-state index is 0.380. The Hall–Kier alpha value is -0.160. The van der Waals surface area contributed by atoms with Crippen molar-refractivity contribution in [3.63, 3.8) is 0 Å². The maximum atomic E-state index is 10.1. The highest BCUT2D eigenvalue weighted by Crippen LogP contribution is 2.16. The normalized spacial score (nSPS) is 22.3. The van der Waals surface area contributed by atoms with Gasteiger partial charge in [-0.2, -0.15) is 0 Å². The topological polar surface area (TPSA) is 52.7 Å². The SMILES string of the molecule is CCC(O)(CN)CCCN1CCN(C(C)C)CC1. The predicted molar refractivity (Wildman–Crippen MR) is 76.7 cm³/mol. The lowest BCUT2D eigenvalue weighted by Crippen LogP contribution is -2.49. The predicted octanol–water partition coefficient (Wildman–Crippen LogP) is 0.892. The van der Waals surface area contributed by atoms with Gasteiger partial charge in [-0.25, -0.2) is 0 Å². The molecule has 0 saturated carbocycles. The van der Waals surface area contributed by atoms with E-state index in [-0.39, 0.29) is 0 Å². The van der Waals surface area contributed by atoms with Gasteiger partial charge in [-0.1, -0.05) is 6.92 Å². The summed E-state index contributed by atoms with van der Waals surface area (Å²) in [5.41, 5.74) is 4.98. The van der Waals surface area contributed by atoms with Crippen molar-refractivity contribution in [2.45, 2.75) is 51.7 Å². The Morgan fingerprint density at radius 3 is 2.28 bits per heavy atom. The lowest BCUT2D eigenvalue weighted by Gasteiger charge is -2.37. The van der Waals surface area contributed by atoms with E-state index in [0.717, 1.165) is 38.9 Å². The molecule has 1 rings (SSSR count). The molecule has 0 spiro atoms. The summed E-state index contributed by atoms with van der Waals surface area (Å²) < 4.78 is 0. The molecule has 1 fully saturated rings. The van der Waals surface area contributed by atoms with Crippen molar-refractivity contribution in [2.75, 3.05) is 39.3 Å². The third-order valence-electron chi connectivity index (χ3n) is 4.29. The number of rotatable bonds is 7. The smallest absolute Gasteiger partial charge is 0.0767 e. The van der Waals surface area contributed by atoms with E-state index in [2.05, 4.69) is 23.6 Å². The van der Waals surface area contributed by atoms with Crippen LogP contribution in [0.2, 0.25) is 0 Å². The van der Waals surface area contributed by atoms with Gasteiger partial charge in [-0.3, -0.25) is 4.90 Å². The fourth-order valence-corrected chi connectivity index (χ4v) is 2.56. The Morgan fingerprint density at radius 1 is 1.22 bits per heavy atom. The van der Waals surface area contributed by atoms with Crippen molar-refractivity contribution >= 4 is 0 Å². The molecular formula is C14H31N3O. The quantitative estimate of drug-likeness (QED) is 0.711. The zero-order valence-electron chi connectivity index (χ0n) is 12.4. The average Bonchev–Trinajstić information content (AvgIpc) is 2.39. The number of hydrogen-bond donors (Lipinski definition) is 2. The summed E-state index contributed by atoms with van der Waals surface area (Å²) in [5, 5.41) is 10.1. The molecule has 4 heteroatoms. The second-order valence-corrected chi connectivity index (χ2v) is 5.86. The lowest BCUT2D eigenvalue weighted by molar-refractivity contribution is 0.0289. The molecule has 0 bridgehead atoms. The Balaban J connectivity index is 2.18. The minimum atomic E-state index is -0.639. The number of aliphatic hydroxyl groups is 1. The maximum Gasteiger partial charge on any atom is 0.0767 e. The van der Waals surface area contributed by atoms with Gasteiger partial charge in [0.05, 0.1) is 5.60 Å². The molecule has 1 unspecified atom stereocenters. The standard InChI is InChI=1S/C14H31N3O/c1-4-14(18,12-15)6-5-7-16-8-10-17(11-9-16)13(2)3/h13,18H,4-12,15H2,1-3H3. The second-order valence-electron chi connectivity index (χ2n) is 5.86. The van der Waals surface area contributed by atoms with Crippen LogP contribution >= 0.6 is 0 Å². The molecule has 0 aromatic rings. The molecule has 4 nitrogen and oxygen atoms in total. The molecule has 18 heavy (non-hydrogen) atoms. The van der Waals surface area contributed by atoms with Crippen LogP contribution in [0, 0.1) is 0 Å². The molecule has 3 N–H and O–H groups in total. The van der Waals surface area contributed by atoms with Crippen LogP contribution in [-0.4, -0.2) is 65.8 Å². The fourth-order valence-electron chi connectivity index (χ4n) is 2.56. The maximum absolute atomic E-state index is 10.1. The average molecular weight is 257 g/mol. The highest BCUT2D eigenvalue weighted by atomic mass is 16.3. The molecule has 1 atom stereocenters. The monoisotopic (exact) mass is 257 g/mol. The van der Waals surface area contributed by atoms with Crippen LogP contribution in [0.4, 0.5) is 0 Å². The molecule has 1 aliphatic rings. The molecule has 108 valence electrons. The van der Waals surface area contributed by atoms with Gasteiger partial charge in [0.25, 0.3) is 0 Å². The van der Waals surface area contributed by atoms with Crippen LogP contribution in [-0.2, 0) is 0 Å². The molecule has 1 heterocycles. The van der Waals surface area contributed by atoms with E-state index >= 15 is 0 Å².